The Morgan fingerprint density at radius 3 is 1.48 bits per heavy atom. The predicted molar refractivity (Wildman–Crippen MR) is 130 cm³/mol. The van der Waals surface area contributed by atoms with E-state index in [2.05, 4.69) is 13.8 Å². The molecule has 182 valence electrons. The molecule has 0 aromatic carbocycles. The first kappa shape index (κ1) is 29.7. The van der Waals surface area contributed by atoms with E-state index in [1.54, 1.807) is 0 Å². The molecule has 31 heavy (non-hydrogen) atoms. The van der Waals surface area contributed by atoms with E-state index in [-0.39, 0.29) is 0 Å². The van der Waals surface area contributed by atoms with Crippen LogP contribution < -0.4 is 0 Å². The van der Waals surface area contributed by atoms with Crippen LogP contribution in [0.5, 0.6) is 0 Å². The summed E-state index contributed by atoms with van der Waals surface area (Å²) >= 11 is 0. The van der Waals surface area contributed by atoms with Gasteiger partial charge in [-0.25, -0.2) is 9.59 Å². The summed E-state index contributed by atoms with van der Waals surface area (Å²) < 4.78 is 10.2. The standard InChI is InChI=1S/C27H50O4/c1-4-6-7-8-9-10-11-12-13-14-15-16-17-18-19-23-30-26(28)21-22-27(29)31-24-25(3)20-5-2/h21-22,25H,4-20,23-24H2,1-3H3/b22-21+. The molecule has 0 radical (unpaired) electrons. The number of hydrogen-bond donors (Lipinski definition) is 0. The maximum Gasteiger partial charge on any atom is 0.331 e. The average molecular weight is 439 g/mol. The highest BCUT2D eigenvalue weighted by molar-refractivity contribution is 5.91. The number of unbranched alkanes of at least 4 members (excludes halogenated alkanes) is 14. The largest absolute Gasteiger partial charge is 0.463 e. The molecule has 4 heteroatoms. The molecule has 0 fully saturated rings. The maximum absolute atomic E-state index is 11.6. The Kier molecular flexibility index (Phi) is 22.4. The maximum atomic E-state index is 11.6. The molecule has 0 saturated carbocycles. The van der Waals surface area contributed by atoms with Gasteiger partial charge in [0.1, 0.15) is 0 Å². The lowest BCUT2D eigenvalue weighted by molar-refractivity contribution is -0.141. The van der Waals surface area contributed by atoms with E-state index in [1.807, 2.05) is 6.92 Å². The average Bonchev–Trinajstić information content (AvgIpc) is 2.76. The molecule has 0 N–H and O–H groups in total. The van der Waals surface area contributed by atoms with Crippen LogP contribution in [0.3, 0.4) is 0 Å². The molecule has 0 aromatic heterocycles. The van der Waals surface area contributed by atoms with Crippen LogP contribution in [0, 0.1) is 5.92 Å². The Morgan fingerprint density at radius 1 is 0.613 bits per heavy atom. The van der Waals surface area contributed by atoms with E-state index >= 15 is 0 Å². The zero-order valence-corrected chi connectivity index (χ0v) is 20.8. The fraction of sp³-hybridized carbons (Fsp3) is 0.852. The van der Waals surface area contributed by atoms with Crippen molar-refractivity contribution in [2.75, 3.05) is 13.2 Å². The molecule has 0 aliphatic heterocycles. The van der Waals surface area contributed by atoms with Crippen molar-refractivity contribution in [3.63, 3.8) is 0 Å². The molecule has 0 aliphatic carbocycles. The first-order valence-electron chi connectivity index (χ1n) is 13.1. The second-order valence-electron chi connectivity index (χ2n) is 8.97. The highest BCUT2D eigenvalue weighted by atomic mass is 16.5. The minimum absolute atomic E-state index is 0.347. The first-order chi connectivity index (χ1) is 15.1. The zero-order valence-electron chi connectivity index (χ0n) is 20.8. The summed E-state index contributed by atoms with van der Waals surface area (Å²) in [7, 11) is 0. The number of carbonyl (C=O) groups is 2. The number of rotatable bonds is 22. The van der Waals surface area contributed by atoms with Crippen molar-refractivity contribution in [3.8, 4) is 0 Å². The molecule has 4 nitrogen and oxygen atoms in total. The fourth-order valence-corrected chi connectivity index (χ4v) is 3.68. The van der Waals surface area contributed by atoms with Gasteiger partial charge in [0.25, 0.3) is 0 Å². The van der Waals surface area contributed by atoms with E-state index in [1.165, 1.54) is 83.5 Å². The van der Waals surface area contributed by atoms with Gasteiger partial charge in [-0.1, -0.05) is 117 Å². The lowest BCUT2D eigenvalue weighted by Gasteiger charge is -2.09. The van der Waals surface area contributed by atoms with Gasteiger partial charge < -0.3 is 9.47 Å². The molecule has 0 spiro atoms. The normalized spacial score (nSPS) is 12.2. The van der Waals surface area contributed by atoms with Crippen LogP contribution in [-0.2, 0) is 19.1 Å². The molecule has 0 amide bonds. The Hall–Kier alpha value is -1.32. The minimum Gasteiger partial charge on any atom is -0.463 e. The van der Waals surface area contributed by atoms with E-state index in [0.29, 0.717) is 19.1 Å². The van der Waals surface area contributed by atoms with Gasteiger partial charge in [-0.3, -0.25) is 0 Å². The Balaban J connectivity index is 3.37. The minimum atomic E-state index is -0.480. The van der Waals surface area contributed by atoms with Crippen molar-refractivity contribution in [2.45, 2.75) is 130 Å². The van der Waals surface area contributed by atoms with Crippen LogP contribution in [0.1, 0.15) is 130 Å². The third-order valence-corrected chi connectivity index (χ3v) is 5.64. The van der Waals surface area contributed by atoms with E-state index in [0.717, 1.165) is 37.8 Å². The Labute approximate surface area is 192 Å². The summed E-state index contributed by atoms with van der Waals surface area (Å²) in [5.41, 5.74) is 0. The van der Waals surface area contributed by atoms with Gasteiger partial charge in [0.05, 0.1) is 13.2 Å². The smallest absolute Gasteiger partial charge is 0.331 e. The monoisotopic (exact) mass is 438 g/mol. The van der Waals surface area contributed by atoms with Gasteiger partial charge >= 0.3 is 11.9 Å². The molecule has 1 unspecified atom stereocenters. The lowest BCUT2D eigenvalue weighted by Crippen LogP contribution is -2.10. The van der Waals surface area contributed by atoms with E-state index in [4.69, 9.17) is 9.47 Å². The molecular weight excluding hydrogens is 388 g/mol. The van der Waals surface area contributed by atoms with Crippen molar-refractivity contribution in [3.05, 3.63) is 12.2 Å². The van der Waals surface area contributed by atoms with Crippen molar-refractivity contribution in [1.29, 1.82) is 0 Å². The lowest BCUT2D eigenvalue weighted by atomic mass is 10.0. The Morgan fingerprint density at radius 2 is 1.03 bits per heavy atom. The zero-order chi connectivity index (χ0) is 23.0. The predicted octanol–water partition coefficient (Wildman–Crippen LogP) is 7.94. The molecular formula is C27H50O4. The van der Waals surface area contributed by atoms with Gasteiger partial charge in [0, 0.05) is 12.2 Å². The van der Waals surface area contributed by atoms with Crippen LogP contribution in [0.4, 0.5) is 0 Å². The molecule has 0 aromatic rings. The first-order valence-corrected chi connectivity index (χ1v) is 13.1. The van der Waals surface area contributed by atoms with Gasteiger partial charge in [0.2, 0.25) is 0 Å². The van der Waals surface area contributed by atoms with Crippen LogP contribution in [0.2, 0.25) is 0 Å². The summed E-state index contributed by atoms with van der Waals surface area (Å²) in [5, 5.41) is 0. The second kappa shape index (κ2) is 23.3. The van der Waals surface area contributed by atoms with Crippen LogP contribution in [0.25, 0.3) is 0 Å². The summed E-state index contributed by atoms with van der Waals surface area (Å²) in [6.45, 7) is 7.24. The SMILES string of the molecule is CCCCCCCCCCCCCCCCCOC(=O)/C=C/C(=O)OCC(C)CCC. The van der Waals surface area contributed by atoms with E-state index in [9.17, 15) is 9.59 Å². The summed E-state index contributed by atoms with van der Waals surface area (Å²) in [6.07, 6.45) is 24.1. The number of hydrogen-bond acceptors (Lipinski definition) is 4. The van der Waals surface area contributed by atoms with Crippen LogP contribution >= 0.6 is 0 Å². The van der Waals surface area contributed by atoms with Crippen molar-refractivity contribution >= 4 is 11.9 Å². The molecule has 0 aliphatic rings. The third-order valence-electron chi connectivity index (χ3n) is 5.64. The molecule has 0 heterocycles. The summed E-state index contributed by atoms with van der Waals surface area (Å²) in [6, 6.07) is 0. The summed E-state index contributed by atoms with van der Waals surface area (Å²) in [4.78, 5) is 23.2. The van der Waals surface area contributed by atoms with Crippen LogP contribution in [-0.4, -0.2) is 25.2 Å². The molecule has 0 bridgehead atoms. The quantitative estimate of drug-likeness (QED) is 0.0978. The molecule has 1 atom stereocenters. The van der Waals surface area contributed by atoms with Gasteiger partial charge in [-0.2, -0.15) is 0 Å². The van der Waals surface area contributed by atoms with Crippen molar-refractivity contribution < 1.29 is 19.1 Å². The van der Waals surface area contributed by atoms with Crippen molar-refractivity contribution in [2.24, 2.45) is 5.92 Å². The summed E-state index contributed by atoms with van der Waals surface area (Å²) in [5.74, 6) is -0.602. The number of ether oxygens (including phenoxy) is 2. The van der Waals surface area contributed by atoms with E-state index < -0.39 is 11.9 Å². The Bertz CT molecular complexity index is 445. The number of carbonyl (C=O) groups excluding carboxylic acids is 2. The van der Waals surface area contributed by atoms with Crippen molar-refractivity contribution in [1.82, 2.24) is 0 Å². The highest BCUT2D eigenvalue weighted by Crippen LogP contribution is 2.13. The highest BCUT2D eigenvalue weighted by Gasteiger charge is 2.05. The molecule has 0 saturated heterocycles. The molecule has 0 rings (SSSR count). The van der Waals surface area contributed by atoms with Gasteiger partial charge in [0.15, 0.2) is 0 Å². The van der Waals surface area contributed by atoms with Gasteiger partial charge in [-0.05, 0) is 18.8 Å². The number of esters is 2. The van der Waals surface area contributed by atoms with Crippen LogP contribution in [0.15, 0.2) is 12.2 Å². The van der Waals surface area contributed by atoms with Gasteiger partial charge in [-0.15, -0.1) is 0 Å². The third kappa shape index (κ3) is 23.2. The second-order valence-corrected chi connectivity index (χ2v) is 8.97. The fourth-order valence-electron chi connectivity index (χ4n) is 3.68. The topological polar surface area (TPSA) is 52.6 Å².